The van der Waals surface area contributed by atoms with Crippen molar-refractivity contribution in [3.63, 3.8) is 0 Å². The molecule has 0 bridgehead atoms. The number of benzene rings is 2. The fourth-order valence-electron chi connectivity index (χ4n) is 2.29. The van der Waals surface area contributed by atoms with Gasteiger partial charge in [-0.05, 0) is 36.7 Å². The van der Waals surface area contributed by atoms with Crippen molar-refractivity contribution in [2.75, 3.05) is 20.6 Å². The fourth-order valence-corrected chi connectivity index (χ4v) is 2.29. The standard InChI is InChI=1S/C17H21N.ClH/c1-14(13-18(2)3)15-9-11-17(12-10-15)16-7-5-4-6-8-16;/h4-12,14H,13H2,1-3H3;1H. The number of hydrogen-bond acceptors (Lipinski definition) is 1. The van der Waals surface area contributed by atoms with Crippen molar-refractivity contribution < 1.29 is 0 Å². The van der Waals surface area contributed by atoms with Crippen LogP contribution in [0.3, 0.4) is 0 Å². The van der Waals surface area contributed by atoms with Crippen molar-refractivity contribution in [1.29, 1.82) is 0 Å². The first-order valence-electron chi connectivity index (χ1n) is 6.47. The van der Waals surface area contributed by atoms with E-state index >= 15 is 0 Å². The molecule has 2 heteroatoms. The number of hydrogen-bond donors (Lipinski definition) is 0. The van der Waals surface area contributed by atoms with Gasteiger partial charge < -0.3 is 4.90 Å². The van der Waals surface area contributed by atoms with Gasteiger partial charge >= 0.3 is 0 Å². The van der Waals surface area contributed by atoms with Crippen molar-refractivity contribution in [3.05, 3.63) is 60.2 Å². The lowest BCUT2D eigenvalue weighted by molar-refractivity contribution is 0.383. The van der Waals surface area contributed by atoms with E-state index < -0.39 is 0 Å². The Labute approximate surface area is 122 Å². The van der Waals surface area contributed by atoms with E-state index in [9.17, 15) is 0 Å². The molecule has 2 aromatic carbocycles. The van der Waals surface area contributed by atoms with E-state index in [0.717, 1.165) is 6.54 Å². The first-order valence-corrected chi connectivity index (χ1v) is 6.47. The Morgan fingerprint density at radius 1 is 0.842 bits per heavy atom. The van der Waals surface area contributed by atoms with Crippen LogP contribution in [0.1, 0.15) is 18.4 Å². The molecule has 0 aliphatic carbocycles. The minimum atomic E-state index is 0. The molecule has 1 unspecified atom stereocenters. The third-order valence-electron chi connectivity index (χ3n) is 3.23. The lowest BCUT2D eigenvalue weighted by Gasteiger charge is -2.17. The monoisotopic (exact) mass is 275 g/mol. The van der Waals surface area contributed by atoms with Crippen LogP contribution in [0.15, 0.2) is 54.6 Å². The largest absolute Gasteiger partial charge is 0.309 e. The minimum Gasteiger partial charge on any atom is -0.309 e. The summed E-state index contributed by atoms with van der Waals surface area (Å²) in [6, 6.07) is 19.4. The van der Waals surface area contributed by atoms with Crippen molar-refractivity contribution in [3.8, 4) is 11.1 Å². The van der Waals surface area contributed by atoms with Gasteiger partial charge in [0, 0.05) is 6.54 Å². The fraction of sp³-hybridized carbons (Fsp3) is 0.294. The zero-order valence-corrected chi connectivity index (χ0v) is 12.7. The summed E-state index contributed by atoms with van der Waals surface area (Å²) >= 11 is 0. The summed E-state index contributed by atoms with van der Waals surface area (Å²) in [5, 5.41) is 0. The van der Waals surface area contributed by atoms with Gasteiger partial charge in [0.2, 0.25) is 0 Å². The number of halogens is 1. The summed E-state index contributed by atoms with van der Waals surface area (Å²) in [6.07, 6.45) is 0. The molecule has 0 fully saturated rings. The Morgan fingerprint density at radius 3 is 1.89 bits per heavy atom. The molecule has 2 rings (SSSR count). The van der Waals surface area contributed by atoms with Gasteiger partial charge in [0.15, 0.2) is 0 Å². The summed E-state index contributed by atoms with van der Waals surface area (Å²) in [6.45, 7) is 3.36. The topological polar surface area (TPSA) is 3.24 Å². The Bertz CT molecular complexity index is 476. The second-order valence-electron chi connectivity index (χ2n) is 5.15. The van der Waals surface area contributed by atoms with Crippen molar-refractivity contribution >= 4 is 12.4 Å². The summed E-state index contributed by atoms with van der Waals surface area (Å²) in [5.74, 6) is 0.574. The summed E-state index contributed by atoms with van der Waals surface area (Å²) in [5.41, 5.74) is 3.98. The van der Waals surface area contributed by atoms with Crippen LogP contribution in [-0.2, 0) is 0 Å². The van der Waals surface area contributed by atoms with Gasteiger partial charge in [-0.15, -0.1) is 12.4 Å². The highest BCUT2D eigenvalue weighted by atomic mass is 35.5. The Kier molecular flexibility index (Phi) is 6.07. The van der Waals surface area contributed by atoms with E-state index in [2.05, 4.69) is 80.5 Å². The van der Waals surface area contributed by atoms with Gasteiger partial charge in [0.1, 0.15) is 0 Å². The summed E-state index contributed by atoms with van der Waals surface area (Å²) in [7, 11) is 4.24. The molecule has 0 amide bonds. The third kappa shape index (κ3) is 4.38. The Balaban J connectivity index is 0.00000180. The van der Waals surface area contributed by atoms with Gasteiger partial charge in [0.05, 0.1) is 0 Å². The molecule has 102 valence electrons. The number of likely N-dealkylation sites (N-methyl/N-ethyl adjacent to an activating group) is 1. The van der Waals surface area contributed by atoms with Crippen LogP contribution >= 0.6 is 12.4 Å². The van der Waals surface area contributed by atoms with Gasteiger partial charge in [0.25, 0.3) is 0 Å². The smallest absolute Gasteiger partial charge is 0.00415 e. The van der Waals surface area contributed by atoms with Crippen LogP contribution in [-0.4, -0.2) is 25.5 Å². The van der Waals surface area contributed by atoms with Gasteiger partial charge in [-0.25, -0.2) is 0 Å². The first-order chi connectivity index (χ1) is 8.66. The van der Waals surface area contributed by atoms with Crippen LogP contribution in [0.5, 0.6) is 0 Å². The number of nitrogens with zero attached hydrogens (tertiary/aromatic N) is 1. The normalized spacial score (nSPS) is 12.0. The van der Waals surface area contributed by atoms with Gasteiger partial charge in [-0.1, -0.05) is 61.5 Å². The molecule has 2 aromatic rings. The van der Waals surface area contributed by atoms with Gasteiger partial charge in [-0.3, -0.25) is 0 Å². The Hall–Kier alpha value is -1.31. The predicted molar refractivity (Wildman–Crippen MR) is 86.1 cm³/mol. The molecule has 0 aliphatic heterocycles. The summed E-state index contributed by atoms with van der Waals surface area (Å²) < 4.78 is 0. The van der Waals surface area contributed by atoms with Crippen LogP contribution < -0.4 is 0 Å². The van der Waals surface area contributed by atoms with E-state index in [1.165, 1.54) is 16.7 Å². The number of rotatable bonds is 4. The van der Waals surface area contributed by atoms with Crippen molar-refractivity contribution in [2.24, 2.45) is 0 Å². The lowest BCUT2D eigenvalue weighted by Crippen LogP contribution is -2.18. The van der Waals surface area contributed by atoms with Crippen LogP contribution in [0.25, 0.3) is 11.1 Å². The molecular formula is C17H22ClN. The van der Waals surface area contributed by atoms with Crippen LogP contribution in [0.4, 0.5) is 0 Å². The molecule has 1 atom stereocenters. The lowest BCUT2D eigenvalue weighted by atomic mass is 9.97. The third-order valence-corrected chi connectivity index (χ3v) is 3.23. The SMILES string of the molecule is CC(CN(C)C)c1ccc(-c2ccccc2)cc1.Cl. The van der Waals surface area contributed by atoms with E-state index in [1.807, 2.05) is 0 Å². The Morgan fingerprint density at radius 2 is 1.37 bits per heavy atom. The van der Waals surface area contributed by atoms with E-state index in [-0.39, 0.29) is 12.4 Å². The zero-order chi connectivity index (χ0) is 13.0. The molecule has 0 aliphatic rings. The van der Waals surface area contributed by atoms with E-state index in [0.29, 0.717) is 5.92 Å². The quantitative estimate of drug-likeness (QED) is 0.797. The highest BCUT2D eigenvalue weighted by Crippen LogP contribution is 2.22. The predicted octanol–water partition coefficient (Wildman–Crippen LogP) is 4.44. The molecule has 0 radical (unpaired) electrons. The maximum absolute atomic E-state index is 2.28. The molecule has 1 nitrogen and oxygen atoms in total. The molecule has 19 heavy (non-hydrogen) atoms. The molecule has 0 N–H and O–H groups in total. The first kappa shape index (κ1) is 15.7. The maximum Gasteiger partial charge on any atom is 0.00415 e. The van der Waals surface area contributed by atoms with E-state index in [1.54, 1.807) is 0 Å². The van der Waals surface area contributed by atoms with Crippen molar-refractivity contribution in [1.82, 2.24) is 4.90 Å². The molecule has 0 spiro atoms. The average molecular weight is 276 g/mol. The minimum absolute atomic E-state index is 0. The van der Waals surface area contributed by atoms with Crippen LogP contribution in [0.2, 0.25) is 0 Å². The highest BCUT2D eigenvalue weighted by Gasteiger charge is 2.06. The molecule has 0 saturated heterocycles. The molecule has 0 saturated carbocycles. The highest BCUT2D eigenvalue weighted by molar-refractivity contribution is 5.85. The molecule has 0 heterocycles. The summed E-state index contributed by atoms with van der Waals surface area (Å²) in [4.78, 5) is 2.23. The van der Waals surface area contributed by atoms with Gasteiger partial charge in [-0.2, -0.15) is 0 Å². The zero-order valence-electron chi connectivity index (χ0n) is 11.8. The maximum atomic E-state index is 2.28. The second kappa shape index (κ2) is 7.32. The molecule has 0 aromatic heterocycles. The van der Waals surface area contributed by atoms with E-state index in [4.69, 9.17) is 0 Å². The average Bonchev–Trinajstić information content (AvgIpc) is 2.39. The van der Waals surface area contributed by atoms with Crippen molar-refractivity contribution in [2.45, 2.75) is 12.8 Å². The van der Waals surface area contributed by atoms with Crippen LogP contribution in [0, 0.1) is 0 Å². The second-order valence-corrected chi connectivity index (χ2v) is 5.15. The molecular weight excluding hydrogens is 254 g/mol.